The van der Waals surface area contributed by atoms with E-state index in [-0.39, 0.29) is 24.4 Å². The van der Waals surface area contributed by atoms with Crippen LogP contribution in [0, 0.1) is 0 Å². The molecule has 0 bridgehead atoms. The highest BCUT2D eigenvalue weighted by molar-refractivity contribution is 9.10. The fourth-order valence-corrected chi connectivity index (χ4v) is 2.39. The molecular formula is C15H16BrN5O4. The number of H-pyrrole nitrogens is 2. The second-order valence-electron chi connectivity index (χ2n) is 4.87. The van der Waals surface area contributed by atoms with Gasteiger partial charge in [0.15, 0.2) is 0 Å². The summed E-state index contributed by atoms with van der Waals surface area (Å²) in [5.74, 6) is 0.343. The number of halogens is 1. The molecule has 10 heteroatoms. The molecule has 1 heterocycles. The molecule has 1 amide bonds. The van der Waals surface area contributed by atoms with Crippen molar-refractivity contribution in [2.75, 3.05) is 6.61 Å². The summed E-state index contributed by atoms with van der Waals surface area (Å²) in [6, 6.07) is 5.41. The van der Waals surface area contributed by atoms with Crippen LogP contribution in [0.5, 0.6) is 5.75 Å². The van der Waals surface area contributed by atoms with Crippen molar-refractivity contribution in [1.82, 2.24) is 20.6 Å². The number of carbonyl (C=O) groups is 1. The third-order valence-electron chi connectivity index (χ3n) is 3.03. The second kappa shape index (κ2) is 8.92. The van der Waals surface area contributed by atoms with E-state index in [4.69, 9.17) is 4.74 Å². The average molecular weight is 410 g/mol. The Hall–Kier alpha value is -2.75. The largest absolute Gasteiger partial charge is 0.493 e. The van der Waals surface area contributed by atoms with Crippen molar-refractivity contribution < 1.29 is 9.53 Å². The highest BCUT2D eigenvalue weighted by Crippen LogP contribution is 2.25. The van der Waals surface area contributed by atoms with Crippen LogP contribution in [-0.2, 0) is 11.2 Å². The number of nitrogens with zero attached hydrogens (tertiary/aromatic N) is 2. The zero-order chi connectivity index (χ0) is 18.2. The molecule has 1 aromatic carbocycles. The zero-order valence-electron chi connectivity index (χ0n) is 13.3. The maximum absolute atomic E-state index is 11.7. The first kappa shape index (κ1) is 18.6. The standard InChI is InChI=1S/C15H16BrN5O4/c1-2-25-12-5-3-9(7-10(12)16)8-17-20-13(22)6-4-11-14(23)18-15(24)21-19-11/h3,5,7-8H,2,4,6H2,1H3,(H,20,22)(H2,18,21,23,24)/b17-8+. The Bertz CT molecular complexity index is 890. The Balaban J connectivity index is 1.87. The number of nitrogens with one attached hydrogen (secondary N) is 3. The van der Waals surface area contributed by atoms with Crippen LogP contribution in [0.15, 0.2) is 37.4 Å². The molecule has 0 spiro atoms. The van der Waals surface area contributed by atoms with Gasteiger partial charge in [-0.15, -0.1) is 0 Å². The van der Waals surface area contributed by atoms with E-state index in [0.717, 1.165) is 15.8 Å². The van der Waals surface area contributed by atoms with Crippen molar-refractivity contribution in [2.45, 2.75) is 19.8 Å². The van der Waals surface area contributed by atoms with Gasteiger partial charge in [-0.25, -0.2) is 15.3 Å². The minimum atomic E-state index is -0.690. The van der Waals surface area contributed by atoms with E-state index in [9.17, 15) is 14.4 Å². The van der Waals surface area contributed by atoms with E-state index >= 15 is 0 Å². The predicted molar refractivity (Wildman–Crippen MR) is 94.8 cm³/mol. The Morgan fingerprint density at radius 2 is 2.24 bits per heavy atom. The number of benzene rings is 1. The molecular weight excluding hydrogens is 394 g/mol. The Morgan fingerprint density at radius 1 is 1.44 bits per heavy atom. The number of aromatic nitrogens is 3. The molecule has 2 aromatic rings. The van der Waals surface area contributed by atoms with Crippen molar-refractivity contribution >= 4 is 28.1 Å². The fraction of sp³-hybridized carbons (Fsp3) is 0.267. The van der Waals surface area contributed by atoms with Gasteiger partial charge in [0.1, 0.15) is 11.4 Å². The first-order valence-corrected chi connectivity index (χ1v) is 8.21. The highest BCUT2D eigenvalue weighted by atomic mass is 79.9. The molecule has 0 aliphatic carbocycles. The average Bonchev–Trinajstić information content (AvgIpc) is 2.56. The topological polar surface area (TPSA) is 129 Å². The minimum absolute atomic E-state index is 0.00639. The summed E-state index contributed by atoms with van der Waals surface area (Å²) < 4.78 is 6.19. The first-order valence-electron chi connectivity index (χ1n) is 7.41. The van der Waals surface area contributed by atoms with Crippen molar-refractivity contribution in [3.05, 3.63) is 54.8 Å². The predicted octanol–water partition coefficient (Wildman–Crippen LogP) is 0.702. The number of carbonyl (C=O) groups excluding carboxylic acids is 1. The minimum Gasteiger partial charge on any atom is -0.493 e. The van der Waals surface area contributed by atoms with Gasteiger partial charge in [-0.3, -0.25) is 14.6 Å². The number of hydrazone groups is 1. The molecule has 0 atom stereocenters. The summed E-state index contributed by atoms with van der Waals surface area (Å²) in [6.45, 7) is 2.46. The van der Waals surface area contributed by atoms with Gasteiger partial charge in [-0.1, -0.05) is 0 Å². The number of amides is 1. The zero-order valence-corrected chi connectivity index (χ0v) is 14.9. The van der Waals surface area contributed by atoms with Gasteiger partial charge in [0.25, 0.3) is 5.56 Å². The van der Waals surface area contributed by atoms with E-state index < -0.39 is 11.2 Å². The maximum atomic E-state index is 11.7. The number of aromatic amines is 2. The molecule has 0 unspecified atom stereocenters. The normalized spacial score (nSPS) is 10.8. The third kappa shape index (κ3) is 5.68. The van der Waals surface area contributed by atoms with Crippen molar-refractivity contribution in [1.29, 1.82) is 0 Å². The van der Waals surface area contributed by atoms with Gasteiger partial charge in [0.2, 0.25) is 5.91 Å². The number of hydrogen-bond donors (Lipinski definition) is 3. The number of hydrogen-bond acceptors (Lipinski definition) is 6. The van der Waals surface area contributed by atoms with Crippen LogP contribution >= 0.6 is 15.9 Å². The van der Waals surface area contributed by atoms with Crippen LogP contribution in [0.2, 0.25) is 0 Å². The molecule has 132 valence electrons. The maximum Gasteiger partial charge on any atom is 0.342 e. The number of rotatable bonds is 7. The lowest BCUT2D eigenvalue weighted by atomic mass is 10.2. The Morgan fingerprint density at radius 3 is 2.92 bits per heavy atom. The fourth-order valence-electron chi connectivity index (χ4n) is 1.88. The molecule has 2 rings (SSSR count). The SMILES string of the molecule is CCOc1ccc(/C=N/NC(=O)CCc2n[nH]c(=O)[nH]c2=O)cc1Br. The van der Waals surface area contributed by atoms with Crippen LogP contribution in [0.25, 0.3) is 0 Å². The summed E-state index contributed by atoms with van der Waals surface area (Å²) >= 11 is 3.39. The van der Waals surface area contributed by atoms with Crippen molar-refractivity contribution in [3.8, 4) is 5.75 Å². The van der Waals surface area contributed by atoms with E-state index in [1.807, 2.05) is 18.0 Å². The van der Waals surface area contributed by atoms with E-state index in [1.54, 1.807) is 12.1 Å². The summed E-state index contributed by atoms with van der Waals surface area (Å²) in [6.07, 6.45) is 1.58. The number of aryl methyl sites for hydroxylation is 1. The first-order chi connectivity index (χ1) is 12.0. The number of ether oxygens (including phenoxy) is 1. The molecule has 0 saturated heterocycles. The van der Waals surface area contributed by atoms with Gasteiger partial charge >= 0.3 is 5.69 Å². The molecule has 0 radical (unpaired) electrons. The highest BCUT2D eigenvalue weighted by Gasteiger charge is 2.06. The van der Waals surface area contributed by atoms with Crippen molar-refractivity contribution in [3.63, 3.8) is 0 Å². The third-order valence-corrected chi connectivity index (χ3v) is 3.65. The lowest BCUT2D eigenvalue weighted by Crippen LogP contribution is -2.28. The van der Waals surface area contributed by atoms with Gasteiger partial charge in [-0.2, -0.15) is 10.2 Å². The van der Waals surface area contributed by atoms with Crippen LogP contribution in [0.3, 0.4) is 0 Å². The molecule has 25 heavy (non-hydrogen) atoms. The molecule has 3 N–H and O–H groups in total. The van der Waals surface area contributed by atoms with Crippen LogP contribution < -0.4 is 21.4 Å². The van der Waals surface area contributed by atoms with E-state index in [1.165, 1.54) is 6.21 Å². The summed E-state index contributed by atoms with van der Waals surface area (Å²) in [5.41, 5.74) is 1.91. The van der Waals surface area contributed by atoms with E-state index in [0.29, 0.717) is 6.61 Å². The second-order valence-corrected chi connectivity index (χ2v) is 5.72. The Labute approximate surface area is 150 Å². The lowest BCUT2D eigenvalue weighted by Gasteiger charge is -2.05. The molecule has 0 aliphatic heterocycles. The van der Waals surface area contributed by atoms with Gasteiger partial charge < -0.3 is 4.74 Å². The summed E-state index contributed by atoms with van der Waals surface area (Å²) in [5, 5.41) is 9.56. The molecule has 9 nitrogen and oxygen atoms in total. The van der Waals surface area contributed by atoms with Gasteiger partial charge in [0.05, 0.1) is 17.3 Å². The monoisotopic (exact) mass is 409 g/mol. The summed E-state index contributed by atoms with van der Waals surface area (Å²) in [4.78, 5) is 36.1. The molecule has 0 saturated carbocycles. The van der Waals surface area contributed by atoms with Crippen molar-refractivity contribution in [2.24, 2.45) is 5.10 Å². The summed E-state index contributed by atoms with van der Waals surface area (Å²) in [7, 11) is 0. The quantitative estimate of drug-likeness (QED) is 0.457. The molecule has 0 aliphatic rings. The van der Waals surface area contributed by atoms with Crippen LogP contribution in [0.1, 0.15) is 24.6 Å². The van der Waals surface area contributed by atoms with E-state index in [2.05, 4.69) is 36.7 Å². The van der Waals surface area contributed by atoms with Gasteiger partial charge in [0, 0.05) is 12.8 Å². The molecule has 0 fully saturated rings. The Kier molecular flexibility index (Phi) is 6.63. The molecule has 1 aromatic heterocycles. The van der Waals surface area contributed by atoms with Crippen LogP contribution in [0.4, 0.5) is 0 Å². The lowest BCUT2D eigenvalue weighted by molar-refractivity contribution is -0.121. The van der Waals surface area contributed by atoms with Crippen LogP contribution in [-0.4, -0.2) is 33.9 Å². The smallest absolute Gasteiger partial charge is 0.342 e. The van der Waals surface area contributed by atoms with Gasteiger partial charge in [-0.05, 0) is 46.6 Å².